The minimum absolute atomic E-state index is 0.0429. The average Bonchev–Trinajstić information content (AvgIpc) is 2.72. The second kappa shape index (κ2) is 7.75. The van der Waals surface area contributed by atoms with Crippen LogP contribution in [0.15, 0.2) is 71.5 Å². The van der Waals surface area contributed by atoms with Crippen molar-refractivity contribution in [1.82, 2.24) is 10.3 Å². The van der Waals surface area contributed by atoms with Crippen LogP contribution in [0.3, 0.4) is 0 Å². The Morgan fingerprint density at radius 3 is 2.07 bits per heavy atom. The van der Waals surface area contributed by atoms with Gasteiger partial charge in [0.2, 0.25) is 0 Å². The molecule has 1 aliphatic rings. The summed E-state index contributed by atoms with van der Waals surface area (Å²) in [6, 6.07) is 20.2. The fraction of sp³-hybridized carbons (Fsp3) is 0.240. The molecule has 30 heavy (non-hydrogen) atoms. The van der Waals surface area contributed by atoms with E-state index in [9.17, 15) is 14.4 Å². The van der Waals surface area contributed by atoms with Crippen LogP contribution in [-0.2, 0) is 6.42 Å². The number of amides is 1. The summed E-state index contributed by atoms with van der Waals surface area (Å²) < 4.78 is 0. The number of aromatic nitrogens is 1. The Bertz CT molecular complexity index is 1110. The number of Topliss-reactive ketones (excluding diaryl/α,β-unsaturated/α-hetero) is 1. The van der Waals surface area contributed by atoms with Crippen LogP contribution in [0, 0.1) is 5.41 Å². The number of hydrogen-bond acceptors (Lipinski definition) is 3. The van der Waals surface area contributed by atoms with Crippen LogP contribution < -0.4 is 10.9 Å². The monoisotopic (exact) mass is 400 g/mol. The van der Waals surface area contributed by atoms with E-state index in [1.165, 1.54) is 6.07 Å². The van der Waals surface area contributed by atoms with Crippen molar-refractivity contribution in [2.45, 2.75) is 32.7 Å². The number of fused-ring (bicyclic) bond motifs is 1. The summed E-state index contributed by atoms with van der Waals surface area (Å²) in [6.45, 7) is 3.99. The van der Waals surface area contributed by atoms with E-state index < -0.39 is 17.5 Å². The molecule has 2 aromatic carbocycles. The predicted molar refractivity (Wildman–Crippen MR) is 116 cm³/mol. The average molecular weight is 400 g/mol. The molecule has 0 spiro atoms. The van der Waals surface area contributed by atoms with Gasteiger partial charge in [-0.05, 0) is 29.0 Å². The molecule has 0 atom stereocenters. The van der Waals surface area contributed by atoms with E-state index in [1.54, 1.807) is 0 Å². The predicted octanol–water partition coefficient (Wildman–Crippen LogP) is 4.05. The van der Waals surface area contributed by atoms with Crippen LogP contribution in [-0.4, -0.2) is 16.7 Å². The number of hydrogen-bond donors (Lipinski definition) is 2. The molecule has 5 nitrogen and oxygen atoms in total. The van der Waals surface area contributed by atoms with E-state index in [1.807, 2.05) is 74.5 Å². The van der Waals surface area contributed by atoms with Gasteiger partial charge < -0.3 is 10.3 Å². The van der Waals surface area contributed by atoms with Crippen LogP contribution >= 0.6 is 0 Å². The van der Waals surface area contributed by atoms with E-state index in [0.29, 0.717) is 24.1 Å². The van der Waals surface area contributed by atoms with Gasteiger partial charge in [-0.25, -0.2) is 0 Å². The first kappa shape index (κ1) is 19.8. The highest BCUT2D eigenvalue weighted by molar-refractivity contribution is 6.02. The maximum absolute atomic E-state index is 13.1. The molecule has 1 aliphatic carbocycles. The van der Waals surface area contributed by atoms with Gasteiger partial charge >= 0.3 is 0 Å². The third kappa shape index (κ3) is 3.96. The van der Waals surface area contributed by atoms with Gasteiger partial charge in [-0.3, -0.25) is 14.4 Å². The molecule has 0 bridgehead atoms. The molecular formula is C25H24N2O3. The molecule has 4 rings (SSSR count). The molecule has 1 heterocycles. The van der Waals surface area contributed by atoms with Crippen LogP contribution in [0.2, 0.25) is 0 Å². The number of pyridine rings is 1. The van der Waals surface area contributed by atoms with E-state index in [2.05, 4.69) is 10.3 Å². The first-order chi connectivity index (χ1) is 14.3. The highest BCUT2D eigenvalue weighted by atomic mass is 16.2. The summed E-state index contributed by atoms with van der Waals surface area (Å²) in [4.78, 5) is 41.2. The smallest absolute Gasteiger partial charge is 0.261 e. The lowest BCUT2D eigenvalue weighted by Gasteiger charge is -2.29. The third-order valence-electron chi connectivity index (χ3n) is 5.50. The van der Waals surface area contributed by atoms with Crippen LogP contribution in [0.1, 0.15) is 63.8 Å². The zero-order valence-corrected chi connectivity index (χ0v) is 17.1. The second-order valence-electron chi connectivity index (χ2n) is 8.57. The highest BCUT2D eigenvalue weighted by Crippen LogP contribution is 2.33. The van der Waals surface area contributed by atoms with Crippen molar-refractivity contribution in [3.8, 4) is 0 Å². The molecule has 1 amide bonds. The molecule has 0 saturated heterocycles. The third-order valence-corrected chi connectivity index (χ3v) is 5.50. The van der Waals surface area contributed by atoms with Crippen molar-refractivity contribution in [2.75, 3.05) is 0 Å². The topological polar surface area (TPSA) is 79.0 Å². The minimum atomic E-state index is -0.505. The number of carbonyl (C=O) groups excluding carboxylic acids is 2. The Hall–Kier alpha value is -3.47. The summed E-state index contributed by atoms with van der Waals surface area (Å²) in [5.74, 6) is -0.552. The molecule has 2 N–H and O–H groups in total. The first-order valence-corrected chi connectivity index (χ1v) is 10.0. The van der Waals surface area contributed by atoms with E-state index >= 15 is 0 Å². The van der Waals surface area contributed by atoms with Crippen molar-refractivity contribution in [3.05, 3.63) is 105 Å². The molecule has 0 unspecified atom stereocenters. The van der Waals surface area contributed by atoms with Crippen molar-refractivity contribution < 1.29 is 9.59 Å². The number of ketones is 1. The molecular weight excluding hydrogens is 376 g/mol. The lowest BCUT2D eigenvalue weighted by atomic mass is 9.75. The van der Waals surface area contributed by atoms with Gasteiger partial charge in [0.15, 0.2) is 5.78 Å². The fourth-order valence-electron chi connectivity index (χ4n) is 4.06. The zero-order valence-electron chi connectivity index (χ0n) is 17.1. The van der Waals surface area contributed by atoms with Crippen molar-refractivity contribution in [2.24, 2.45) is 5.41 Å². The minimum Gasteiger partial charge on any atom is -0.341 e. The maximum Gasteiger partial charge on any atom is 0.261 e. The first-order valence-electron chi connectivity index (χ1n) is 10.0. The lowest BCUT2D eigenvalue weighted by molar-refractivity contribution is 0.0910. The summed E-state index contributed by atoms with van der Waals surface area (Å²) >= 11 is 0. The van der Waals surface area contributed by atoms with Gasteiger partial charge in [0.25, 0.3) is 11.5 Å². The fourth-order valence-corrected chi connectivity index (χ4v) is 4.06. The summed E-state index contributed by atoms with van der Waals surface area (Å²) in [6.07, 6.45) is 0.992. The van der Waals surface area contributed by atoms with Crippen molar-refractivity contribution >= 4 is 11.7 Å². The number of nitrogens with one attached hydrogen (secondary N) is 2. The number of H-pyrrole nitrogens is 1. The molecule has 0 radical (unpaired) electrons. The normalized spacial score (nSPS) is 15.0. The largest absolute Gasteiger partial charge is 0.341 e. The Kier molecular flexibility index (Phi) is 5.12. The quantitative estimate of drug-likeness (QED) is 0.693. The molecule has 3 aromatic rings. The second-order valence-corrected chi connectivity index (χ2v) is 8.57. The van der Waals surface area contributed by atoms with Crippen LogP contribution in [0.25, 0.3) is 0 Å². The molecule has 0 saturated carbocycles. The Morgan fingerprint density at radius 1 is 0.933 bits per heavy atom. The SMILES string of the molecule is CC1(C)CC(=O)c2cc(C(=O)NC(c3ccccc3)c3ccccc3)c(=O)[nH]c2C1. The number of aromatic amines is 1. The standard InChI is InChI=1S/C25H24N2O3/c1-25(2)14-20-18(21(28)15-25)13-19(23(29)26-20)24(30)27-22(16-9-5-3-6-10-16)17-11-7-4-8-12-17/h3-13,22H,14-15H2,1-2H3,(H,26,29)(H,27,30). The highest BCUT2D eigenvalue weighted by Gasteiger charge is 2.33. The summed E-state index contributed by atoms with van der Waals surface area (Å²) in [7, 11) is 0. The molecule has 5 heteroatoms. The Balaban J connectivity index is 1.70. The van der Waals surface area contributed by atoms with Gasteiger partial charge in [-0.15, -0.1) is 0 Å². The van der Waals surface area contributed by atoms with Gasteiger partial charge in [0, 0.05) is 17.7 Å². The van der Waals surface area contributed by atoms with E-state index in [4.69, 9.17) is 0 Å². The van der Waals surface area contributed by atoms with Crippen molar-refractivity contribution in [3.63, 3.8) is 0 Å². The molecule has 0 aliphatic heterocycles. The number of rotatable bonds is 4. The molecule has 152 valence electrons. The Labute approximate surface area is 175 Å². The number of carbonyl (C=O) groups is 2. The zero-order chi connectivity index (χ0) is 21.3. The van der Waals surface area contributed by atoms with Gasteiger partial charge in [-0.1, -0.05) is 74.5 Å². The van der Waals surface area contributed by atoms with Gasteiger partial charge in [0.1, 0.15) is 5.56 Å². The van der Waals surface area contributed by atoms with Crippen molar-refractivity contribution in [1.29, 1.82) is 0 Å². The lowest BCUT2D eigenvalue weighted by Crippen LogP contribution is -2.36. The summed E-state index contributed by atoms with van der Waals surface area (Å²) in [5, 5.41) is 2.97. The molecule has 1 aromatic heterocycles. The van der Waals surface area contributed by atoms with Gasteiger partial charge in [0.05, 0.1) is 6.04 Å². The van der Waals surface area contributed by atoms with Gasteiger partial charge in [-0.2, -0.15) is 0 Å². The molecule has 0 fully saturated rings. The van der Waals surface area contributed by atoms with E-state index in [-0.39, 0.29) is 16.8 Å². The van der Waals surface area contributed by atoms with Crippen LogP contribution in [0.5, 0.6) is 0 Å². The number of benzene rings is 2. The Morgan fingerprint density at radius 2 is 1.50 bits per heavy atom. The summed E-state index contributed by atoms with van der Waals surface area (Å²) in [5.41, 5.74) is 2.14. The maximum atomic E-state index is 13.1. The van der Waals surface area contributed by atoms with Crippen LogP contribution in [0.4, 0.5) is 0 Å². The van der Waals surface area contributed by atoms with E-state index in [0.717, 1.165) is 11.1 Å².